The Hall–Kier alpha value is -2.93. The first-order valence-corrected chi connectivity index (χ1v) is 11.1. The van der Waals surface area contributed by atoms with E-state index >= 15 is 0 Å². The number of ketones is 1. The average Bonchev–Trinajstić information content (AvgIpc) is 2.79. The summed E-state index contributed by atoms with van der Waals surface area (Å²) in [5.74, 6) is -0.747. The lowest BCUT2D eigenvalue weighted by molar-refractivity contribution is 0.0972. The lowest BCUT2D eigenvalue weighted by atomic mass is 9.78. The quantitative estimate of drug-likeness (QED) is 0.259. The number of benzene rings is 4. The lowest BCUT2D eigenvalue weighted by Crippen LogP contribution is -2.15. The van der Waals surface area contributed by atoms with Gasteiger partial charge in [0.25, 0.3) is 0 Å². The van der Waals surface area contributed by atoms with E-state index in [-0.39, 0.29) is 18.1 Å². The summed E-state index contributed by atoms with van der Waals surface area (Å²) in [5, 5.41) is 12.8. The van der Waals surface area contributed by atoms with E-state index in [0.717, 1.165) is 26.4 Å². The van der Waals surface area contributed by atoms with Gasteiger partial charge in [-0.15, -0.1) is 0 Å². The molecular formula is C27H19BrClNO. The number of Topliss-reactive ketones (excluding diaryl/α,β-unsaturated/α-hetero) is 1. The Kier molecular flexibility index (Phi) is 6.51. The number of rotatable bonds is 6. The van der Waals surface area contributed by atoms with Crippen LogP contribution in [0.5, 0.6) is 0 Å². The van der Waals surface area contributed by atoms with Gasteiger partial charge in [0.1, 0.15) is 0 Å². The molecule has 0 saturated carbocycles. The molecule has 0 spiro atoms. The molecule has 4 aromatic carbocycles. The topological polar surface area (TPSA) is 40.9 Å². The van der Waals surface area contributed by atoms with Gasteiger partial charge >= 0.3 is 0 Å². The maximum absolute atomic E-state index is 13.3. The zero-order valence-corrected chi connectivity index (χ0v) is 19.0. The molecule has 2 atom stereocenters. The molecule has 0 aliphatic heterocycles. The normalized spacial score (nSPS) is 12.8. The second-order valence-electron chi connectivity index (χ2n) is 7.51. The molecule has 152 valence electrons. The first-order valence-electron chi connectivity index (χ1n) is 9.97. The molecule has 4 aromatic rings. The third kappa shape index (κ3) is 4.88. The Morgan fingerprint density at radius 2 is 1.61 bits per heavy atom. The van der Waals surface area contributed by atoms with Gasteiger partial charge in [0.2, 0.25) is 0 Å². The molecule has 4 rings (SSSR count). The molecule has 0 aliphatic carbocycles. The van der Waals surface area contributed by atoms with Crippen molar-refractivity contribution in [1.82, 2.24) is 0 Å². The summed E-state index contributed by atoms with van der Waals surface area (Å²) in [5.41, 5.74) is 2.46. The van der Waals surface area contributed by atoms with Crippen LogP contribution < -0.4 is 0 Å². The van der Waals surface area contributed by atoms with Crippen molar-refractivity contribution in [3.8, 4) is 6.07 Å². The summed E-state index contributed by atoms with van der Waals surface area (Å²) in [6.45, 7) is 0. The van der Waals surface area contributed by atoms with Crippen molar-refractivity contribution in [2.24, 2.45) is 0 Å². The van der Waals surface area contributed by atoms with Gasteiger partial charge in [0, 0.05) is 27.4 Å². The van der Waals surface area contributed by atoms with Crippen LogP contribution >= 0.6 is 27.5 Å². The van der Waals surface area contributed by atoms with Gasteiger partial charge in [0.15, 0.2) is 5.78 Å². The number of nitriles is 1. The molecule has 0 unspecified atom stereocenters. The van der Waals surface area contributed by atoms with Crippen LogP contribution in [0.3, 0.4) is 0 Å². The van der Waals surface area contributed by atoms with E-state index in [4.69, 9.17) is 11.6 Å². The Morgan fingerprint density at radius 1 is 0.871 bits per heavy atom. The van der Waals surface area contributed by atoms with Crippen LogP contribution in [0, 0.1) is 11.3 Å². The van der Waals surface area contributed by atoms with Crippen LogP contribution in [0.1, 0.15) is 39.7 Å². The monoisotopic (exact) mass is 487 g/mol. The first kappa shape index (κ1) is 21.3. The van der Waals surface area contributed by atoms with Gasteiger partial charge in [-0.05, 0) is 52.2 Å². The molecule has 0 amide bonds. The van der Waals surface area contributed by atoms with Crippen molar-refractivity contribution < 1.29 is 4.79 Å². The fraction of sp³-hybridized carbons (Fsp3) is 0.111. The molecule has 0 fully saturated rings. The molecule has 31 heavy (non-hydrogen) atoms. The van der Waals surface area contributed by atoms with E-state index in [1.54, 1.807) is 12.1 Å². The zero-order valence-electron chi connectivity index (χ0n) is 16.6. The van der Waals surface area contributed by atoms with Crippen LogP contribution in [0.2, 0.25) is 5.02 Å². The van der Waals surface area contributed by atoms with Crippen molar-refractivity contribution in [3.63, 3.8) is 0 Å². The molecule has 4 heteroatoms. The number of carbonyl (C=O) groups excluding carboxylic acids is 1. The van der Waals surface area contributed by atoms with Gasteiger partial charge in [-0.25, -0.2) is 0 Å². The van der Waals surface area contributed by atoms with Crippen molar-refractivity contribution in [3.05, 3.63) is 117 Å². The van der Waals surface area contributed by atoms with E-state index in [0.29, 0.717) is 10.6 Å². The predicted octanol–water partition coefficient (Wildman–Crippen LogP) is 7.92. The number of fused-ring (bicyclic) bond motifs is 1. The smallest absolute Gasteiger partial charge is 0.163 e. The summed E-state index contributed by atoms with van der Waals surface area (Å²) in [4.78, 5) is 13.3. The standard InChI is InChI=1S/C27H19BrClNO/c28-23-7-3-6-21(15-23)25(26(17-30)19-10-12-24(29)13-11-19)16-27(31)22-9-8-18-4-1-2-5-20(18)14-22/h1-15,25-26H,16H2/t25-,26-/m1/s1. The molecule has 0 radical (unpaired) electrons. The van der Waals surface area contributed by atoms with Gasteiger partial charge in [-0.3, -0.25) is 4.79 Å². The first-order chi connectivity index (χ1) is 15.0. The van der Waals surface area contributed by atoms with Crippen molar-refractivity contribution in [2.45, 2.75) is 18.3 Å². The third-order valence-corrected chi connectivity index (χ3v) is 6.27. The Labute approximate surface area is 195 Å². The highest BCUT2D eigenvalue weighted by Crippen LogP contribution is 2.37. The minimum atomic E-state index is -0.476. The number of nitrogens with zero attached hydrogens (tertiary/aromatic N) is 1. The number of halogens is 2. The van der Waals surface area contributed by atoms with Crippen LogP contribution in [0.15, 0.2) is 95.5 Å². The Morgan fingerprint density at radius 3 is 2.32 bits per heavy atom. The van der Waals surface area contributed by atoms with Crippen molar-refractivity contribution in [1.29, 1.82) is 5.26 Å². The van der Waals surface area contributed by atoms with Crippen LogP contribution in [0.4, 0.5) is 0 Å². The summed E-state index contributed by atoms with van der Waals surface area (Å²) in [6.07, 6.45) is 0.232. The molecule has 0 heterocycles. The summed E-state index contributed by atoms with van der Waals surface area (Å²) in [6, 6.07) is 31.3. The third-order valence-electron chi connectivity index (χ3n) is 5.52. The van der Waals surface area contributed by atoms with E-state index < -0.39 is 5.92 Å². The maximum Gasteiger partial charge on any atom is 0.163 e. The fourth-order valence-corrected chi connectivity index (χ4v) is 4.46. The summed E-state index contributed by atoms with van der Waals surface area (Å²) in [7, 11) is 0. The fourth-order valence-electron chi connectivity index (χ4n) is 3.91. The summed E-state index contributed by atoms with van der Waals surface area (Å²) >= 11 is 9.57. The largest absolute Gasteiger partial charge is 0.294 e. The molecule has 0 aliphatic rings. The van der Waals surface area contributed by atoms with Crippen molar-refractivity contribution >= 4 is 44.1 Å². The maximum atomic E-state index is 13.3. The van der Waals surface area contributed by atoms with Gasteiger partial charge < -0.3 is 0 Å². The number of hydrogen-bond donors (Lipinski definition) is 0. The highest BCUT2D eigenvalue weighted by atomic mass is 79.9. The average molecular weight is 489 g/mol. The van der Waals surface area contributed by atoms with E-state index in [1.165, 1.54) is 0 Å². The Bertz CT molecular complexity index is 1280. The predicted molar refractivity (Wildman–Crippen MR) is 130 cm³/mol. The molecule has 2 nitrogen and oxygen atoms in total. The number of hydrogen-bond acceptors (Lipinski definition) is 2. The highest BCUT2D eigenvalue weighted by molar-refractivity contribution is 9.10. The second-order valence-corrected chi connectivity index (χ2v) is 8.86. The van der Waals surface area contributed by atoms with Gasteiger partial charge in [0.05, 0.1) is 12.0 Å². The SMILES string of the molecule is N#C[C@H](c1ccc(Cl)cc1)[C@H](CC(=O)c1ccc2ccccc2c1)c1cccc(Br)c1. The minimum absolute atomic E-state index is 0.0185. The van der Waals surface area contributed by atoms with Crippen LogP contribution in [-0.4, -0.2) is 5.78 Å². The number of carbonyl (C=O) groups is 1. The highest BCUT2D eigenvalue weighted by Gasteiger charge is 2.28. The van der Waals surface area contributed by atoms with E-state index in [1.807, 2.05) is 78.9 Å². The van der Waals surface area contributed by atoms with Gasteiger partial charge in [-0.1, -0.05) is 88.2 Å². The molecule has 0 N–H and O–H groups in total. The van der Waals surface area contributed by atoms with E-state index in [9.17, 15) is 10.1 Å². The molecule has 0 bridgehead atoms. The summed E-state index contributed by atoms with van der Waals surface area (Å²) < 4.78 is 0.918. The van der Waals surface area contributed by atoms with Crippen LogP contribution in [-0.2, 0) is 0 Å². The van der Waals surface area contributed by atoms with Gasteiger partial charge in [-0.2, -0.15) is 5.26 Å². The second kappa shape index (κ2) is 9.47. The minimum Gasteiger partial charge on any atom is -0.294 e. The molecular weight excluding hydrogens is 470 g/mol. The molecule has 0 aromatic heterocycles. The lowest BCUT2D eigenvalue weighted by Gasteiger charge is -2.23. The zero-order chi connectivity index (χ0) is 21.8. The van der Waals surface area contributed by atoms with Crippen LogP contribution in [0.25, 0.3) is 10.8 Å². The van der Waals surface area contributed by atoms with E-state index in [2.05, 4.69) is 22.0 Å². The van der Waals surface area contributed by atoms with Crippen molar-refractivity contribution in [2.75, 3.05) is 0 Å². The Balaban J connectivity index is 1.72. The molecule has 0 saturated heterocycles.